The van der Waals surface area contributed by atoms with E-state index in [-0.39, 0.29) is 41.9 Å². The number of alkyl halides is 3. The molecule has 0 aliphatic carbocycles. The first-order valence-corrected chi connectivity index (χ1v) is 11.5. The maximum Gasteiger partial charge on any atom is 0.419 e. The Bertz CT molecular complexity index is 1510. The molecule has 2 N–H and O–H groups in total. The molecule has 0 radical (unpaired) electrons. The van der Waals surface area contributed by atoms with Gasteiger partial charge in [0.1, 0.15) is 17.9 Å². The van der Waals surface area contributed by atoms with Crippen molar-refractivity contribution in [3.8, 4) is 17.0 Å². The predicted octanol–water partition coefficient (Wildman–Crippen LogP) is 4.28. The van der Waals surface area contributed by atoms with Crippen molar-refractivity contribution in [2.45, 2.75) is 25.3 Å². The fourth-order valence-electron chi connectivity index (χ4n) is 4.41. The van der Waals surface area contributed by atoms with E-state index in [4.69, 9.17) is 4.74 Å². The molecule has 0 bridgehead atoms. The lowest BCUT2D eigenvalue weighted by atomic mass is 10.0. The number of hydrogen-bond donors (Lipinski definition) is 2. The quantitative estimate of drug-likeness (QED) is 0.377. The van der Waals surface area contributed by atoms with E-state index in [1.54, 1.807) is 4.90 Å². The van der Waals surface area contributed by atoms with E-state index >= 15 is 0 Å². The zero-order valence-corrected chi connectivity index (χ0v) is 20.2. The molecule has 0 spiro atoms. The first-order chi connectivity index (χ1) is 18.0. The van der Waals surface area contributed by atoms with Gasteiger partial charge in [-0.1, -0.05) is 29.8 Å². The molecule has 8 nitrogen and oxygen atoms in total. The van der Waals surface area contributed by atoms with Gasteiger partial charge in [-0.3, -0.25) is 0 Å². The summed E-state index contributed by atoms with van der Waals surface area (Å²) in [6, 6.07) is 7.67. The molecule has 0 amide bonds. The van der Waals surface area contributed by atoms with Crippen LogP contribution in [-0.2, 0) is 18.0 Å². The van der Waals surface area contributed by atoms with Gasteiger partial charge >= 0.3 is 6.18 Å². The zero-order chi connectivity index (χ0) is 27.4. The summed E-state index contributed by atoms with van der Waals surface area (Å²) in [6.45, 7) is 2.88. The summed E-state index contributed by atoms with van der Waals surface area (Å²) in [4.78, 5) is 10.5. The predicted molar refractivity (Wildman–Crippen MR) is 126 cm³/mol. The Balaban J connectivity index is 1.48. The fraction of sp³-hybridized carbons (Fsp3) is 0.320. The second-order valence-corrected chi connectivity index (χ2v) is 9.04. The minimum atomic E-state index is -5.17. The van der Waals surface area contributed by atoms with Crippen molar-refractivity contribution in [3.05, 3.63) is 64.9 Å². The van der Waals surface area contributed by atoms with Crippen LogP contribution in [0.15, 0.2) is 36.5 Å². The molecule has 4 aromatic rings. The van der Waals surface area contributed by atoms with E-state index in [1.807, 2.05) is 31.2 Å². The number of aromatic hydroxyl groups is 1. The van der Waals surface area contributed by atoms with Gasteiger partial charge in [0.25, 0.3) is 0 Å². The molecule has 2 aromatic heterocycles. The van der Waals surface area contributed by atoms with Crippen LogP contribution in [0.25, 0.3) is 22.3 Å². The fourth-order valence-corrected chi connectivity index (χ4v) is 4.41. The lowest BCUT2D eigenvalue weighted by Crippen LogP contribution is -2.45. The van der Waals surface area contributed by atoms with Crippen LogP contribution in [-0.4, -0.2) is 55.8 Å². The molecule has 0 saturated carbocycles. The number of anilines is 1. The first kappa shape index (κ1) is 25.8. The summed E-state index contributed by atoms with van der Waals surface area (Å²) in [6.07, 6.45) is -5.38. The van der Waals surface area contributed by atoms with Crippen LogP contribution >= 0.6 is 0 Å². The monoisotopic (exact) mass is 535 g/mol. The molecule has 13 heteroatoms. The third kappa shape index (κ3) is 4.52. The molecule has 3 heterocycles. The highest BCUT2D eigenvalue weighted by Crippen LogP contribution is 2.41. The van der Waals surface area contributed by atoms with E-state index in [0.717, 1.165) is 5.56 Å². The summed E-state index contributed by atoms with van der Waals surface area (Å²) in [5, 5.41) is 24.7. The highest BCUT2D eigenvalue weighted by Gasteiger charge is 2.38. The third-order valence-corrected chi connectivity index (χ3v) is 6.45. The Morgan fingerprint density at radius 1 is 1.13 bits per heavy atom. The normalized spacial score (nSPS) is 17.3. The summed E-state index contributed by atoms with van der Waals surface area (Å²) in [7, 11) is 1.46. The number of morpholine rings is 1. The summed E-state index contributed by atoms with van der Waals surface area (Å²) in [5.74, 6) is -5.19. The highest BCUT2D eigenvalue weighted by atomic mass is 19.4. The number of rotatable bonds is 4. The Morgan fingerprint density at radius 3 is 2.53 bits per heavy atom. The van der Waals surface area contributed by atoms with Gasteiger partial charge in [-0.2, -0.15) is 23.3 Å². The maximum atomic E-state index is 14.7. The number of halogens is 5. The van der Waals surface area contributed by atoms with Gasteiger partial charge < -0.3 is 19.8 Å². The number of ether oxygens (including phenoxy) is 1. The van der Waals surface area contributed by atoms with Crippen molar-refractivity contribution in [1.82, 2.24) is 19.7 Å². The number of aromatic nitrogens is 4. The molecule has 1 fully saturated rings. The van der Waals surface area contributed by atoms with Crippen molar-refractivity contribution in [2.75, 3.05) is 24.6 Å². The van der Waals surface area contributed by atoms with Gasteiger partial charge in [-0.25, -0.2) is 18.4 Å². The van der Waals surface area contributed by atoms with Crippen LogP contribution < -0.4 is 4.90 Å². The number of phenols is 1. The smallest absolute Gasteiger partial charge is 0.419 e. The standard InChI is InChI=1S/C25H22F5N5O3/c1-12-3-5-13(6-4-12)21(36)17-11-35(7-8-38-17)24-31-10-15-20(33-34(2)23(15)32-24)14-9-16(25(28,29)30)19(27)22(37)18(14)26/h3-6,9-10,17,21,36-37H,7-8,11H2,1-2H3/t17-,21-/m1/s1. The molecule has 2 atom stereocenters. The molecular formula is C25H22F5N5O3. The number of fused-ring (bicyclic) bond motifs is 1. The van der Waals surface area contributed by atoms with E-state index in [2.05, 4.69) is 15.1 Å². The molecular weight excluding hydrogens is 513 g/mol. The first-order valence-electron chi connectivity index (χ1n) is 11.5. The largest absolute Gasteiger partial charge is 0.503 e. The number of aryl methyl sites for hydroxylation is 2. The Hall–Kier alpha value is -3.84. The van der Waals surface area contributed by atoms with Crippen molar-refractivity contribution >= 4 is 17.0 Å². The Kier molecular flexibility index (Phi) is 6.43. The van der Waals surface area contributed by atoms with Crippen molar-refractivity contribution < 1.29 is 36.9 Å². The van der Waals surface area contributed by atoms with Crippen molar-refractivity contribution in [1.29, 1.82) is 0 Å². The van der Waals surface area contributed by atoms with Crippen LogP contribution in [0, 0.1) is 18.6 Å². The minimum absolute atomic E-state index is 0.0961. The number of aliphatic hydroxyl groups excluding tert-OH is 1. The minimum Gasteiger partial charge on any atom is -0.503 e. The molecule has 5 rings (SSSR count). The molecule has 200 valence electrons. The topological polar surface area (TPSA) is 96.5 Å². The van der Waals surface area contributed by atoms with E-state index in [1.165, 1.54) is 17.9 Å². The van der Waals surface area contributed by atoms with Crippen LogP contribution in [0.5, 0.6) is 5.75 Å². The summed E-state index contributed by atoms with van der Waals surface area (Å²) < 4.78 is 75.5. The number of aliphatic hydroxyl groups is 1. The van der Waals surface area contributed by atoms with Crippen molar-refractivity contribution in [2.24, 2.45) is 7.05 Å². The van der Waals surface area contributed by atoms with Gasteiger partial charge in [-0.15, -0.1) is 0 Å². The molecule has 1 aliphatic rings. The van der Waals surface area contributed by atoms with Gasteiger partial charge in [0.2, 0.25) is 5.95 Å². The second-order valence-electron chi connectivity index (χ2n) is 9.04. The molecule has 2 aromatic carbocycles. The number of nitrogens with zero attached hydrogens (tertiary/aromatic N) is 5. The molecule has 1 aliphatic heterocycles. The molecule has 38 heavy (non-hydrogen) atoms. The van der Waals surface area contributed by atoms with E-state index in [0.29, 0.717) is 12.1 Å². The number of benzene rings is 2. The maximum absolute atomic E-state index is 14.7. The van der Waals surface area contributed by atoms with Crippen LogP contribution in [0.1, 0.15) is 22.8 Å². The van der Waals surface area contributed by atoms with Crippen LogP contribution in [0.3, 0.4) is 0 Å². The van der Waals surface area contributed by atoms with E-state index < -0.39 is 46.9 Å². The van der Waals surface area contributed by atoms with Crippen molar-refractivity contribution in [3.63, 3.8) is 0 Å². The third-order valence-electron chi connectivity index (χ3n) is 6.45. The average molecular weight is 535 g/mol. The summed E-state index contributed by atoms with van der Waals surface area (Å²) in [5.41, 5.74) is -0.946. The SMILES string of the molecule is Cc1ccc([C@@H](O)[C@H]2CN(c3ncc4c(-c5cc(C(F)(F)F)c(F)c(O)c5F)nn(C)c4n3)CCO2)cc1. The number of hydrogen-bond acceptors (Lipinski definition) is 7. The Labute approximate surface area is 212 Å². The lowest BCUT2D eigenvalue weighted by Gasteiger charge is -2.35. The average Bonchev–Trinajstić information content (AvgIpc) is 3.22. The zero-order valence-electron chi connectivity index (χ0n) is 20.2. The second kappa shape index (κ2) is 9.48. The molecule has 0 unspecified atom stereocenters. The van der Waals surface area contributed by atoms with Gasteiger partial charge in [-0.05, 0) is 18.6 Å². The summed E-state index contributed by atoms with van der Waals surface area (Å²) >= 11 is 0. The lowest BCUT2D eigenvalue weighted by molar-refractivity contribution is -0.140. The Morgan fingerprint density at radius 2 is 1.84 bits per heavy atom. The van der Waals surface area contributed by atoms with Gasteiger partial charge in [0, 0.05) is 25.4 Å². The number of phenolic OH excluding ortho intramolecular Hbond substituents is 1. The van der Waals surface area contributed by atoms with E-state index in [9.17, 15) is 32.2 Å². The van der Waals surface area contributed by atoms with Gasteiger partial charge in [0.05, 0.1) is 24.1 Å². The highest BCUT2D eigenvalue weighted by molar-refractivity contribution is 5.91. The van der Waals surface area contributed by atoms with Crippen LogP contribution in [0.4, 0.5) is 27.9 Å². The molecule has 1 saturated heterocycles. The van der Waals surface area contributed by atoms with Gasteiger partial charge in [0.15, 0.2) is 23.0 Å². The van der Waals surface area contributed by atoms with Crippen LogP contribution in [0.2, 0.25) is 0 Å².